The molecule has 3 nitrogen and oxygen atoms in total. The molecule has 110 valence electrons. The fourth-order valence-corrected chi connectivity index (χ4v) is 3.36. The van der Waals surface area contributed by atoms with Gasteiger partial charge in [0.05, 0.1) is 6.10 Å². The van der Waals surface area contributed by atoms with Gasteiger partial charge in [0.2, 0.25) is 0 Å². The normalized spacial score (nSPS) is 30.9. The highest BCUT2D eigenvalue weighted by molar-refractivity contribution is 5.34. The molecule has 1 aromatic rings. The van der Waals surface area contributed by atoms with Crippen LogP contribution in [0.25, 0.3) is 0 Å². The lowest BCUT2D eigenvalue weighted by Crippen LogP contribution is -2.33. The van der Waals surface area contributed by atoms with Gasteiger partial charge in [0, 0.05) is 18.6 Å². The fraction of sp³-hybridized carbons (Fsp3) is 0.647. The van der Waals surface area contributed by atoms with Crippen LogP contribution in [0, 0.1) is 0 Å². The average Bonchev–Trinajstić information content (AvgIpc) is 3.15. The SMILES string of the molecule is CC(C)Oc1cccc(C2(O)CC(C)N(C3CC3)C2)c1. The number of nitrogens with zero attached hydrogens (tertiary/aromatic N) is 1. The van der Waals surface area contributed by atoms with E-state index in [1.165, 1.54) is 12.8 Å². The maximum absolute atomic E-state index is 11.0. The first kappa shape index (κ1) is 13.9. The van der Waals surface area contributed by atoms with Crippen molar-refractivity contribution < 1.29 is 9.84 Å². The first-order chi connectivity index (χ1) is 9.48. The molecular formula is C17H25NO2. The highest BCUT2D eigenvalue weighted by atomic mass is 16.5. The van der Waals surface area contributed by atoms with Crippen LogP contribution in [0.4, 0.5) is 0 Å². The molecule has 0 spiro atoms. The lowest BCUT2D eigenvalue weighted by atomic mass is 9.91. The molecule has 2 atom stereocenters. The largest absolute Gasteiger partial charge is 0.491 e. The number of benzene rings is 1. The summed E-state index contributed by atoms with van der Waals surface area (Å²) in [7, 11) is 0. The summed E-state index contributed by atoms with van der Waals surface area (Å²) in [5.41, 5.74) is 0.267. The molecule has 3 heteroatoms. The molecule has 1 saturated carbocycles. The third kappa shape index (κ3) is 2.70. The first-order valence-corrected chi connectivity index (χ1v) is 7.73. The minimum absolute atomic E-state index is 0.158. The van der Waals surface area contributed by atoms with Crippen molar-refractivity contribution in [1.29, 1.82) is 0 Å². The quantitative estimate of drug-likeness (QED) is 0.917. The second kappa shape index (κ2) is 5.05. The summed E-state index contributed by atoms with van der Waals surface area (Å²) in [4.78, 5) is 2.47. The molecule has 1 saturated heterocycles. The fourth-order valence-electron chi connectivity index (χ4n) is 3.36. The van der Waals surface area contributed by atoms with Crippen molar-refractivity contribution in [3.05, 3.63) is 29.8 Å². The topological polar surface area (TPSA) is 32.7 Å². The Morgan fingerprint density at radius 1 is 1.35 bits per heavy atom. The Hall–Kier alpha value is -1.06. The van der Waals surface area contributed by atoms with E-state index >= 15 is 0 Å². The van der Waals surface area contributed by atoms with E-state index in [4.69, 9.17) is 4.74 Å². The van der Waals surface area contributed by atoms with Crippen LogP contribution < -0.4 is 4.74 Å². The molecule has 2 unspecified atom stereocenters. The summed E-state index contributed by atoms with van der Waals surface area (Å²) < 4.78 is 5.75. The highest BCUT2D eigenvalue weighted by Gasteiger charge is 2.46. The molecule has 1 N–H and O–H groups in total. The van der Waals surface area contributed by atoms with E-state index in [1.54, 1.807) is 0 Å². The summed E-state index contributed by atoms with van der Waals surface area (Å²) in [5.74, 6) is 0.850. The molecule has 1 aliphatic carbocycles. The Morgan fingerprint density at radius 2 is 2.10 bits per heavy atom. The van der Waals surface area contributed by atoms with E-state index in [1.807, 2.05) is 38.1 Å². The summed E-state index contributed by atoms with van der Waals surface area (Å²) >= 11 is 0. The molecule has 1 aromatic carbocycles. The molecule has 3 rings (SSSR count). The summed E-state index contributed by atoms with van der Waals surface area (Å²) in [5, 5.41) is 11.0. The number of ether oxygens (including phenoxy) is 1. The van der Waals surface area contributed by atoms with Crippen LogP contribution in [0.2, 0.25) is 0 Å². The second-order valence-corrected chi connectivity index (χ2v) is 6.68. The van der Waals surface area contributed by atoms with Gasteiger partial charge in [-0.25, -0.2) is 0 Å². The number of hydrogen-bond acceptors (Lipinski definition) is 3. The summed E-state index contributed by atoms with van der Waals surface area (Å²) in [6.07, 6.45) is 3.55. The van der Waals surface area contributed by atoms with Crippen molar-refractivity contribution in [3.63, 3.8) is 0 Å². The van der Waals surface area contributed by atoms with E-state index < -0.39 is 5.60 Å². The molecule has 2 fully saturated rings. The smallest absolute Gasteiger partial charge is 0.120 e. The zero-order valence-corrected chi connectivity index (χ0v) is 12.7. The molecule has 2 aliphatic rings. The minimum Gasteiger partial charge on any atom is -0.491 e. The van der Waals surface area contributed by atoms with Crippen LogP contribution >= 0.6 is 0 Å². The second-order valence-electron chi connectivity index (χ2n) is 6.68. The highest BCUT2D eigenvalue weighted by Crippen LogP contribution is 2.42. The van der Waals surface area contributed by atoms with E-state index in [9.17, 15) is 5.11 Å². The molecule has 20 heavy (non-hydrogen) atoms. The lowest BCUT2D eigenvalue weighted by Gasteiger charge is -2.25. The zero-order chi connectivity index (χ0) is 14.3. The maximum atomic E-state index is 11.0. The van der Waals surface area contributed by atoms with Crippen molar-refractivity contribution in [2.75, 3.05) is 6.54 Å². The molecule has 0 aromatic heterocycles. The Kier molecular flexibility index (Phi) is 3.51. The Labute approximate surface area is 121 Å². The Morgan fingerprint density at radius 3 is 2.75 bits per heavy atom. The standard InChI is InChI=1S/C17H25NO2/c1-12(2)20-16-6-4-5-14(9-16)17(19)10-13(3)18(11-17)15-7-8-15/h4-6,9,12-13,15,19H,7-8,10-11H2,1-3H3. The van der Waals surface area contributed by atoms with Gasteiger partial charge in [0.15, 0.2) is 0 Å². The predicted molar refractivity (Wildman–Crippen MR) is 79.9 cm³/mol. The average molecular weight is 275 g/mol. The third-order valence-electron chi connectivity index (χ3n) is 4.40. The van der Waals surface area contributed by atoms with Gasteiger partial charge in [-0.2, -0.15) is 0 Å². The minimum atomic E-state index is -0.724. The van der Waals surface area contributed by atoms with Crippen molar-refractivity contribution in [2.24, 2.45) is 0 Å². The van der Waals surface area contributed by atoms with Gasteiger partial charge in [0.25, 0.3) is 0 Å². The Bertz CT molecular complexity index is 484. The van der Waals surface area contributed by atoms with E-state index in [-0.39, 0.29) is 6.10 Å². The van der Waals surface area contributed by atoms with Crippen molar-refractivity contribution in [1.82, 2.24) is 4.90 Å². The van der Waals surface area contributed by atoms with Gasteiger partial charge >= 0.3 is 0 Å². The van der Waals surface area contributed by atoms with E-state index in [0.717, 1.165) is 24.3 Å². The maximum Gasteiger partial charge on any atom is 0.120 e. The van der Waals surface area contributed by atoms with Gasteiger partial charge in [-0.15, -0.1) is 0 Å². The van der Waals surface area contributed by atoms with Gasteiger partial charge in [-0.3, -0.25) is 4.90 Å². The molecule has 0 radical (unpaired) electrons. The van der Waals surface area contributed by atoms with Crippen molar-refractivity contribution in [2.45, 2.75) is 63.8 Å². The monoisotopic (exact) mass is 275 g/mol. The zero-order valence-electron chi connectivity index (χ0n) is 12.7. The van der Waals surface area contributed by atoms with Crippen LogP contribution in [0.1, 0.15) is 45.6 Å². The predicted octanol–water partition coefficient (Wildman–Crippen LogP) is 2.92. The van der Waals surface area contributed by atoms with Crippen molar-refractivity contribution in [3.8, 4) is 5.75 Å². The van der Waals surface area contributed by atoms with Gasteiger partial charge in [-0.05, 0) is 57.7 Å². The van der Waals surface area contributed by atoms with Gasteiger partial charge in [0.1, 0.15) is 11.4 Å². The number of β-amino-alcohol motifs (C(OH)–C–C–N with tert-alkyl or cyclic N) is 1. The van der Waals surface area contributed by atoms with Crippen molar-refractivity contribution >= 4 is 0 Å². The Balaban J connectivity index is 1.81. The third-order valence-corrected chi connectivity index (χ3v) is 4.40. The van der Waals surface area contributed by atoms with Crippen LogP contribution in [0.5, 0.6) is 5.75 Å². The molecular weight excluding hydrogens is 250 g/mol. The summed E-state index contributed by atoms with van der Waals surface area (Å²) in [6.45, 7) is 7.02. The van der Waals surface area contributed by atoms with Gasteiger partial charge < -0.3 is 9.84 Å². The lowest BCUT2D eigenvalue weighted by molar-refractivity contribution is 0.0448. The molecule has 0 bridgehead atoms. The first-order valence-electron chi connectivity index (χ1n) is 7.73. The molecule has 0 amide bonds. The number of aliphatic hydroxyl groups is 1. The number of likely N-dealkylation sites (tertiary alicyclic amines) is 1. The van der Waals surface area contributed by atoms with E-state index in [2.05, 4.69) is 11.8 Å². The van der Waals surface area contributed by atoms with E-state index in [0.29, 0.717) is 12.1 Å². The summed E-state index contributed by atoms with van der Waals surface area (Å²) in [6, 6.07) is 9.13. The van der Waals surface area contributed by atoms with Gasteiger partial charge in [-0.1, -0.05) is 12.1 Å². The number of hydrogen-bond donors (Lipinski definition) is 1. The van der Waals surface area contributed by atoms with Crippen LogP contribution in [-0.4, -0.2) is 34.7 Å². The van der Waals surface area contributed by atoms with Crippen LogP contribution in [-0.2, 0) is 5.60 Å². The van der Waals surface area contributed by atoms with Crippen LogP contribution in [0.15, 0.2) is 24.3 Å². The number of rotatable bonds is 4. The molecule has 1 heterocycles. The molecule has 1 aliphatic heterocycles. The van der Waals surface area contributed by atoms with Crippen LogP contribution in [0.3, 0.4) is 0 Å².